The van der Waals surface area contributed by atoms with Gasteiger partial charge in [0.25, 0.3) is 0 Å². The number of rotatable bonds is 15. The van der Waals surface area contributed by atoms with Crippen molar-refractivity contribution in [3.05, 3.63) is 131 Å². The van der Waals surface area contributed by atoms with Gasteiger partial charge in [0, 0.05) is 18.2 Å². The first-order valence-electron chi connectivity index (χ1n) is 15.7. The molecular formula is C38H47F2NO3Si. The van der Waals surface area contributed by atoms with Crippen LogP contribution in [-0.4, -0.2) is 27.5 Å². The topological polar surface area (TPSA) is 39.7 Å². The molecule has 2 atom stereocenters. The number of ether oxygens (including phenoxy) is 2. The third-order valence-corrected chi connectivity index (χ3v) is 13.0. The second-order valence-electron chi connectivity index (χ2n) is 13.2. The third-order valence-electron chi connectivity index (χ3n) is 8.48. The van der Waals surface area contributed by atoms with E-state index in [9.17, 15) is 8.78 Å². The first-order valence-corrected chi connectivity index (χ1v) is 18.6. The predicted molar refractivity (Wildman–Crippen MR) is 182 cm³/mol. The summed E-state index contributed by atoms with van der Waals surface area (Å²) in [5.41, 5.74) is 3.29. The van der Waals surface area contributed by atoms with Gasteiger partial charge in [-0.3, -0.25) is 0 Å². The molecule has 0 spiro atoms. The molecule has 45 heavy (non-hydrogen) atoms. The molecule has 240 valence electrons. The zero-order valence-corrected chi connectivity index (χ0v) is 28.4. The van der Waals surface area contributed by atoms with Gasteiger partial charge in [-0.1, -0.05) is 106 Å². The summed E-state index contributed by atoms with van der Waals surface area (Å²) in [5, 5.41) is 3.75. The number of hydrogen-bond donors (Lipinski definition) is 1. The van der Waals surface area contributed by atoms with Gasteiger partial charge in [-0.05, 0) is 72.4 Å². The van der Waals surface area contributed by atoms with Crippen LogP contribution in [-0.2, 0) is 23.4 Å². The lowest BCUT2D eigenvalue weighted by Crippen LogP contribution is -2.44. The molecule has 0 saturated carbocycles. The van der Waals surface area contributed by atoms with Crippen LogP contribution in [0.1, 0.15) is 56.1 Å². The molecule has 0 aliphatic carbocycles. The molecule has 1 N–H and O–H groups in total. The Labute approximate surface area is 268 Å². The summed E-state index contributed by atoms with van der Waals surface area (Å²) in [6.07, 6.45) is 0.665. The van der Waals surface area contributed by atoms with Crippen LogP contribution >= 0.6 is 0 Å². The maximum atomic E-state index is 14.5. The molecule has 7 heteroatoms. The molecule has 0 radical (unpaired) electrons. The maximum absolute atomic E-state index is 14.5. The van der Waals surface area contributed by atoms with E-state index in [4.69, 9.17) is 13.9 Å². The van der Waals surface area contributed by atoms with Gasteiger partial charge in [-0.15, -0.1) is 0 Å². The summed E-state index contributed by atoms with van der Waals surface area (Å²) < 4.78 is 47.4. The highest BCUT2D eigenvalue weighted by Gasteiger charge is 2.39. The van der Waals surface area contributed by atoms with Crippen molar-refractivity contribution in [3.8, 4) is 11.5 Å². The molecule has 0 aromatic heterocycles. The summed E-state index contributed by atoms with van der Waals surface area (Å²) in [6, 6.07) is 33.7. The van der Waals surface area contributed by atoms with Gasteiger partial charge in [0.05, 0.1) is 6.10 Å². The zero-order chi connectivity index (χ0) is 32.5. The minimum atomic E-state index is -3.06. The van der Waals surface area contributed by atoms with Gasteiger partial charge in [0.1, 0.15) is 18.1 Å². The van der Waals surface area contributed by atoms with Gasteiger partial charge >= 0.3 is 5.92 Å². The molecule has 4 aromatic carbocycles. The number of alkyl halides is 2. The molecular weight excluding hydrogens is 585 g/mol. The number of hydrogen-bond acceptors (Lipinski definition) is 4. The van der Waals surface area contributed by atoms with E-state index in [1.807, 2.05) is 42.5 Å². The van der Waals surface area contributed by atoms with E-state index < -0.39 is 20.8 Å². The van der Waals surface area contributed by atoms with Gasteiger partial charge in [0.2, 0.25) is 0 Å². The molecule has 0 aliphatic heterocycles. The minimum absolute atomic E-state index is 0.0512. The smallest absolute Gasteiger partial charge is 0.306 e. The Bertz CT molecular complexity index is 1440. The van der Waals surface area contributed by atoms with E-state index in [-0.39, 0.29) is 22.7 Å². The molecule has 0 aliphatic rings. The normalized spacial score (nSPS) is 13.7. The molecule has 4 rings (SSSR count). The first-order chi connectivity index (χ1) is 21.3. The van der Waals surface area contributed by atoms with Crippen molar-refractivity contribution in [1.82, 2.24) is 5.32 Å². The Kier molecular flexibility index (Phi) is 11.6. The number of nitrogens with one attached hydrogen (secondary N) is 1. The zero-order valence-electron chi connectivity index (χ0n) is 27.4. The Balaban J connectivity index is 1.34. The van der Waals surface area contributed by atoms with Gasteiger partial charge in [0.15, 0.2) is 14.9 Å². The average Bonchev–Trinajstić information content (AvgIpc) is 3.02. The molecule has 0 amide bonds. The van der Waals surface area contributed by atoms with Crippen LogP contribution in [0.4, 0.5) is 8.78 Å². The summed E-state index contributed by atoms with van der Waals surface area (Å²) in [4.78, 5) is 0. The lowest BCUT2D eigenvalue weighted by atomic mass is 10.1. The molecule has 0 heterocycles. The predicted octanol–water partition coefficient (Wildman–Crippen LogP) is 9.72. The number of benzene rings is 4. The standard InChI is InChI=1S/C38H47F2NO3Si/c1-29(25-30-17-21-35(22-18-30)43-28-38(39,40)33-15-11-8-12-16-33)41-26-36(44-45(5,6)37(2,3)4)32-19-23-34(24-20-32)42-27-31-13-9-7-10-14-31/h7-24,29,36,41H,25-28H2,1-6H3/t29-,36+/m1/s1. The molecule has 0 unspecified atom stereocenters. The van der Waals surface area contributed by atoms with Crippen molar-refractivity contribution in [2.75, 3.05) is 13.2 Å². The van der Waals surface area contributed by atoms with Gasteiger partial charge in [-0.25, -0.2) is 0 Å². The van der Waals surface area contributed by atoms with E-state index in [2.05, 4.69) is 70.4 Å². The highest BCUT2D eigenvalue weighted by molar-refractivity contribution is 6.74. The van der Waals surface area contributed by atoms with Crippen LogP contribution in [0.2, 0.25) is 18.1 Å². The fourth-order valence-corrected chi connectivity index (χ4v) is 5.96. The van der Waals surface area contributed by atoms with Crippen LogP contribution in [0.5, 0.6) is 11.5 Å². The lowest BCUT2D eigenvalue weighted by Gasteiger charge is -2.39. The van der Waals surface area contributed by atoms with Crippen LogP contribution in [0, 0.1) is 0 Å². The van der Waals surface area contributed by atoms with E-state index in [0.717, 1.165) is 28.9 Å². The van der Waals surface area contributed by atoms with Crippen molar-refractivity contribution in [2.24, 2.45) is 0 Å². The number of halogens is 2. The average molecular weight is 632 g/mol. The van der Waals surface area contributed by atoms with Crippen molar-refractivity contribution in [1.29, 1.82) is 0 Å². The minimum Gasteiger partial charge on any atom is -0.489 e. The fraction of sp³-hybridized carbons (Fsp3) is 0.368. The van der Waals surface area contributed by atoms with Crippen molar-refractivity contribution in [3.63, 3.8) is 0 Å². The van der Waals surface area contributed by atoms with E-state index in [0.29, 0.717) is 18.9 Å². The third kappa shape index (κ3) is 10.2. The highest BCUT2D eigenvalue weighted by Crippen LogP contribution is 2.40. The Morgan fingerprint density at radius 2 is 1.27 bits per heavy atom. The summed E-state index contributed by atoms with van der Waals surface area (Å²) in [7, 11) is -2.06. The van der Waals surface area contributed by atoms with Gasteiger partial charge in [-0.2, -0.15) is 8.78 Å². The van der Waals surface area contributed by atoms with Crippen molar-refractivity contribution in [2.45, 2.75) is 76.9 Å². The van der Waals surface area contributed by atoms with Crippen molar-refractivity contribution < 1.29 is 22.7 Å². The summed E-state index contributed by atoms with van der Waals surface area (Å²) in [6.45, 7) is 13.9. The quantitative estimate of drug-likeness (QED) is 0.133. The molecule has 0 fully saturated rings. The Hall–Kier alpha value is -3.52. The summed E-state index contributed by atoms with van der Waals surface area (Å²) >= 11 is 0. The molecule has 4 nitrogen and oxygen atoms in total. The molecule has 0 bridgehead atoms. The second kappa shape index (κ2) is 15.2. The maximum Gasteiger partial charge on any atom is 0.306 e. The molecule has 4 aromatic rings. The SMILES string of the molecule is C[C@H](Cc1ccc(OCC(F)(F)c2ccccc2)cc1)NC[C@H](O[Si](C)(C)C(C)(C)C)c1ccc(OCc2ccccc2)cc1. The van der Waals surface area contributed by atoms with Crippen molar-refractivity contribution >= 4 is 8.32 Å². The van der Waals surface area contributed by atoms with E-state index in [1.165, 1.54) is 12.1 Å². The van der Waals surface area contributed by atoms with Crippen LogP contribution in [0.15, 0.2) is 109 Å². The Morgan fingerprint density at radius 1 is 0.711 bits per heavy atom. The molecule has 0 saturated heterocycles. The second-order valence-corrected chi connectivity index (χ2v) is 18.0. The van der Waals surface area contributed by atoms with Crippen LogP contribution in [0.25, 0.3) is 0 Å². The Morgan fingerprint density at radius 3 is 1.87 bits per heavy atom. The highest BCUT2D eigenvalue weighted by atomic mass is 28.4. The first kappa shape index (κ1) is 34.4. The lowest BCUT2D eigenvalue weighted by molar-refractivity contribution is -0.0467. The monoisotopic (exact) mass is 631 g/mol. The van der Waals surface area contributed by atoms with Gasteiger partial charge < -0.3 is 19.2 Å². The fourth-order valence-electron chi connectivity index (χ4n) is 4.67. The van der Waals surface area contributed by atoms with Crippen LogP contribution in [0.3, 0.4) is 0 Å². The van der Waals surface area contributed by atoms with E-state index >= 15 is 0 Å². The van der Waals surface area contributed by atoms with Crippen LogP contribution < -0.4 is 14.8 Å². The largest absolute Gasteiger partial charge is 0.489 e. The summed E-state index contributed by atoms with van der Waals surface area (Å²) in [5.74, 6) is -1.81. The van der Waals surface area contributed by atoms with E-state index in [1.54, 1.807) is 30.3 Å².